The Labute approximate surface area is 117 Å². The first-order valence-corrected chi connectivity index (χ1v) is 6.82. The second kappa shape index (κ2) is 5.03. The molecule has 2 amide bonds. The van der Waals surface area contributed by atoms with Crippen LogP contribution >= 0.6 is 0 Å². The van der Waals surface area contributed by atoms with Crippen molar-refractivity contribution in [1.29, 1.82) is 0 Å². The fraction of sp³-hybridized carbons (Fsp3) is 0.429. The Morgan fingerprint density at radius 1 is 1.25 bits per heavy atom. The number of hydrogen-bond donors (Lipinski definition) is 3. The van der Waals surface area contributed by atoms with Gasteiger partial charge >= 0.3 is 0 Å². The van der Waals surface area contributed by atoms with Crippen molar-refractivity contribution in [2.24, 2.45) is 11.7 Å². The van der Waals surface area contributed by atoms with Crippen LogP contribution in [0.1, 0.15) is 6.42 Å². The van der Waals surface area contributed by atoms with Crippen molar-refractivity contribution >= 4 is 23.2 Å². The minimum absolute atomic E-state index is 0.0238. The summed E-state index contributed by atoms with van der Waals surface area (Å²) in [7, 11) is 0. The molecule has 2 atom stereocenters. The molecule has 2 aliphatic heterocycles. The monoisotopic (exact) mass is 274 g/mol. The second-order valence-corrected chi connectivity index (χ2v) is 5.30. The largest absolute Gasteiger partial charge is 0.381 e. The summed E-state index contributed by atoms with van der Waals surface area (Å²) in [6.07, 6.45) is 0.664. The highest BCUT2D eigenvalue weighted by Gasteiger charge is 2.34. The molecule has 6 heteroatoms. The molecule has 1 fully saturated rings. The highest BCUT2D eigenvalue weighted by atomic mass is 16.2. The molecule has 0 spiro atoms. The van der Waals surface area contributed by atoms with Gasteiger partial charge in [-0.05, 0) is 18.6 Å². The van der Waals surface area contributed by atoms with Crippen molar-refractivity contribution in [3.05, 3.63) is 24.3 Å². The number of primary amides is 1. The lowest BCUT2D eigenvalue weighted by molar-refractivity contribution is -0.131. The van der Waals surface area contributed by atoms with Crippen molar-refractivity contribution < 1.29 is 9.59 Å². The zero-order valence-electron chi connectivity index (χ0n) is 11.1. The smallest absolute Gasteiger partial charge is 0.246 e. The Morgan fingerprint density at radius 2 is 2.00 bits per heavy atom. The maximum Gasteiger partial charge on any atom is 0.246 e. The van der Waals surface area contributed by atoms with Crippen LogP contribution in [0, 0.1) is 5.92 Å². The Hall–Kier alpha value is -2.24. The number of fused-ring (bicyclic) bond motifs is 1. The lowest BCUT2D eigenvalue weighted by Gasteiger charge is -2.30. The fourth-order valence-electron chi connectivity index (χ4n) is 2.78. The minimum atomic E-state index is -0.319. The molecule has 20 heavy (non-hydrogen) atoms. The molecule has 1 saturated heterocycles. The number of nitrogens with one attached hydrogen (secondary N) is 2. The zero-order chi connectivity index (χ0) is 14.1. The van der Waals surface area contributed by atoms with Crippen molar-refractivity contribution in [2.75, 3.05) is 30.3 Å². The standard InChI is InChI=1S/C14H18N4O2/c15-13(19)9-5-6-18(8-9)14(20)12-7-16-10-3-1-2-4-11(10)17-12/h1-4,9,12,16-17H,5-8H2,(H2,15,19). The van der Waals surface area contributed by atoms with Gasteiger partial charge < -0.3 is 21.3 Å². The highest BCUT2D eigenvalue weighted by molar-refractivity contribution is 5.89. The predicted octanol–water partition coefficient (Wildman–Crippen LogP) is 0.226. The summed E-state index contributed by atoms with van der Waals surface area (Å²) in [5, 5.41) is 6.50. The summed E-state index contributed by atoms with van der Waals surface area (Å²) in [6.45, 7) is 1.59. The van der Waals surface area contributed by atoms with Gasteiger partial charge in [0.2, 0.25) is 11.8 Å². The number of benzene rings is 1. The van der Waals surface area contributed by atoms with Gasteiger partial charge in [-0.25, -0.2) is 0 Å². The third-order valence-corrected chi connectivity index (χ3v) is 3.95. The summed E-state index contributed by atoms with van der Waals surface area (Å²) in [6, 6.07) is 7.50. The first-order chi connectivity index (χ1) is 9.65. The van der Waals surface area contributed by atoms with E-state index >= 15 is 0 Å². The summed E-state index contributed by atoms with van der Waals surface area (Å²) in [4.78, 5) is 25.3. The van der Waals surface area contributed by atoms with E-state index in [0.717, 1.165) is 11.4 Å². The molecule has 0 saturated carbocycles. The lowest BCUT2D eigenvalue weighted by Crippen LogP contribution is -2.47. The van der Waals surface area contributed by atoms with E-state index in [2.05, 4.69) is 10.6 Å². The molecule has 0 aromatic heterocycles. The van der Waals surface area contributed by atoms with E-state index in [1.54, 1.807) is 4.90 Å². The van der Waals surface area contributed by atoms with Crippen molar-refractivity contribution in [3.8, 4) is 0 Å². The van der Waals surface area contributed by atoms with Crippen LogP contribution in [0.5, 0.6) is 0 Å². The van der Waals surface area contributed by atoms with Crippen LogP contribution in [0.2, 0.25) is 0 Å². The zero-order valence-corrected chi connectivity index (χ0v) is 11.1. The number of nitrogens with zero attached hydrogens (tertiary/aromatic N) is 1. The molecule has 6 nitrogen and oxygen atoms in total. The van der Waals surface area contributed by atoms with Crippen LogP contribution in [0.25, 0.3) is 0 Å². The van der Waals surface area contributed by atoms with E-state index in [0.29, 0.717) is 26.1 Å². The van der Waals surface area contributed by atoms with Gasteiger partial charge in [-0.2, -0.15) is 0 Å². The van der Waals surface area contributed by atoms with Crippen LogP contribution in [0.4, 0.5) is 11.4 Å². The Morgan fingerprint density at radius 3 is 2.70 bits per heavy atom. The van der Waals surface area contributed by atoms with Crippen molar-refractivity contribution in [1.82, 2.24) is 4.90 Å². The third kappa shape index (κ3) is 2.29. The van der Waals surface area contributed by atoms with Gasteiger partial charge in [0.15, 0.2) is 0 Å². The Balaban J connectivity index is 1.66. The molecule has 2 heterocycles. The van der Waals surface area contributed by atoms with E-state index in [-0.39, 0.29) is 23.8 Å². The van der Waals surface area contributed by atoms with Crippen LogP contribution in [0.3, 0.4) is 0 Å². The topological polar surface area (TPSA) is 87.5 Å². The van der Waals surface area contributed by atoms with Gasteiger partial charge in [-0.15, -0.1) is 0 Å². The van der Waals surface area contributed by atoms with Gasteiger partial charge in [0.25, 0.3) is 0 Å². The number of anilines is 2. The third-order valence-electron chi connectivity index (χ3n) is 3.95. The number of likely N-dealkylation sites (tertiary alicyclic amines) is 1. The molecular weight excluding hydrogens is 256 g/mol. The van der Waals surface area contributed by atoms with Gasteiger partial charge in [0.05, 0.1) is 17.3 Å². The molecule has 4 N–H and O–H groups in total. The molecule has 0 aliphatic carbocycles. The quantitative estimate of drug-likeness (QED) is 0.720. The normalized spacial score (nSPS) is 24.5. The predicted molar refractivity (Wildman–Crippen MR) is 76.2 cm³/mol. The number of carbonyl (C=O) groups is 2. The first-order valence-electron chi connectivity index (χ1n) is 6.82. The van der Waals surface area contributed by atoms with Gasteiger partial charge in [-0.1, -0.05) is 12.1 Å². The first kappa shape index (κ1) is 12.8. The molecule has 2 unspecified atom stereocenters. The number of hydrogen-bond acceptors (Lipinski definition) is 4. The number of rotatable bonds is 2. The minimum Gasteiger partial charge on any atom is -0.381 e. The van der Waals surface area contributed by atoms with E-state index < -0.39 is 0 Å². The van der Waals surface area contributed by atoms with Crippen molar-refractivity contribution in [2.45, 2.75) is 12.5 Å². The molecule has 0 bridgehead atoms. The SMILES string of the molecule is NC(=O)C1CCN(C(=O)C2CNc3ccccc3N2)C1. The number of para-hydroxylation sites is 2. The molecule has 1 aromatic carbocycles. The maximum atomic E-state index is 12.4. The van der Waals surface area contributed by atoms with Crippen LogP contribution in [-0.4, -0.2) is 42.4 Å². The van der Waals surface area contributed by atoms with E-state index in [9.17, 15) is 9.59 Å². The highest BCUT2D eigenvalue weighted by Crippen LogP contribution is 2.26. The lowest BCUT2D eigenvalue weighted by atomic mass is 10.1. The van der Waals surface area contributed by atoms with E-state index in [4.69, 9.17) is 5.73 Å². The summed E-state index contributed by atoms with van der Waals surface area (Å²) < 4.78 is 0. The maximum absolute atomic E-state index is 12.4. The average molecular weight is 274 g/mol. The number of nitrogens with two attached hydrogens (primary N) is 1. The van der Waals surface area contributed by atoms with Crippen LogP contribution in [-0.2, 0) is 9.59 Å². The molecule has 0 radical (unpaired) electrons. The summed E-state index contributed by atoms with van der Waals surface area (Å²) in [5.74, 6) is -0.501. The van der Waals surface area contributed by atoms with Gasteiger partial charge in [-0.3, -0.25) is 9.59 Å². The Kier molecular flexibility index (Phi) is 3.22. The van der Waals surface area contributed by atoms with Gasteiger partial charge in [0.1, 0.15) is 6.04 Å². The van der Waals surface area contributed by atoms with E-state index in [1.807, 2.05) is 24.3 Å². The van der Waals surface area contributed by atoms with Crippen LogP contribution in [0.15, 0.2) is 24.3 Å². The van der Waals surface area contributed by atoms with Crippen LogP contribution < -0.4 is 16.4 Å². The van der Waals surface area contributed by atoms with Crippen molar-refractivity contribution in [3.63, 3.8) is 0 Å². The number of amides is 2. The summed E-state index contributed by atoms with van der Waals surface area (Å²) in [5.41, 5.74) is 7.24. The van der Waals surface area contributed by atoms with Gasteiger partial charge in [0, 0.05) is 19.6 Å². The molecule has 106 valence electrons. The molecular formula is C14H18N4O2. The van der Waals surface area contributed by atoms with E-state index in [1.165, 1.54) is 0 Å². The summed E-state index contributed by atoms with van der Waals surface area (Å²) >= 11 is 0. The fourth-order valence-corrected chi connectivity index (χ4v) is 2.78. The second-order valence-electron chi connectivity index (χ2n) is 5.30. The number of carbonyl (C=O) groups excluding carboxylic acids is 2. The molecule has 2 aliphatic rings. The molecule has 3 rings (SSSR count). The molecule has 1 aromatic rings. The average Bonchev–Trinajstić information content (AvgIpc) is 2.96. The Bertz CT molecular complexity index is 546.